The predicted molar refractivity (Wildman–Crippen MR) is 65.5 cm³/mol. The zero-order valence-corrected chi connectivity index (χ0v) is 10.4. The molecule has 0 saturated carbocycles. The molecule has 1 heterocycles. The number of rotatable bonds is 6. The Kier molecular flexibility index (Phi) is 5.40. The topological polar surface area (TPSA) is 120 Å². The van der Waals surface area contributed by atoms with Crippen LogP contribution in [0.5, 0.6) is 0 Å². The fourth-order valence-electron chi connectivity index (χ4n) is 1.49. The lowest BCUT2D eigenvalue weighted by Crippen LogP contribution is -2.28. The number of aromatic carboxylic acids is 1. The lowest BCUT2D eigenvalue weighted by molar-refractivity contribution is -0.119. The van der Waals surface area contributed by atoms with Gasteiger partial charge in [-0.05, 0) is 18.6 Å². The molecule has 0 aliphatic heterocycles. The van der Waals surface area contributed by atoms with Crippen molar-refractivity contribution in [2.24, 2.45) is 0 Å². The number of carboxylic acids is 1. The van der Waals surface area contributed by atoms with E-state index < -0.39 is 18.2 Å². The van der Waals surface area contributed by atoms with Gasteiger partial charge < -0.3 is 20.6 Å². The lowest BCUT2D eigenvalue weighted by atomic mass is 10.1. The van der Waals surface area contributed by atoms with Gasteiger partial charge in [-0.25, -0.2) is 4.79 Å². The first kappa shape index (κ1) is 15.1. The van der Waals surface area contributed by atoms with Crippen molar-refractivity contribution < 1.29 is 24.9 Å². The quantitative estimate of drug-likeness (QED) is 0.562. The van der Waals surface area contributed by atoms with Gasteiger partial charge in [-0.1, -0.05) is 0 Å². The molecule has 7 heteroatoms. The summed E-state index contributed by atoms with van der Waals surface area (Å²) in [5.74, 6) is -1.36. The molecule has 7 nitrogen and oxygen atoms in total. The molecule has 1 aromatic heterocycles. The zero-order valence-electron chi connectivity index (χ0n) is 10.4. The summed E-state index contributed by atoms with van der Waals surface area (Å²) >= 11 is 0. The number of nitrogens with zero attached hydrogens (tertiary/aromatic N) is 1. The van der Waals surface area contributed by atoms with E-state index >= 15 is 0 Å². The van der Waals surface area contributed by atoms with Crippen molar-refractivity contribution in [1.29, 1.82) is 0 Å². The monoisotopic (exact) mass is 268 g/mol. The van der Waals surface area contributed by atoms with Gasteiger partial charge in [0.15, 0.2) is 0 Å². The number of hydrogen-bond acceptors (Lipinski definition) is 5. The SMILES string of the molecule is CC(=O)NCCC(O)C(O)c1cc(C(=O)O)ccn1. The van der Waals surface area contributed by atoms with Gasteiger partial charge in [-0.2, -0.15) is 0 Å². The first-order valence-corrected chi connectivity index (χ1v) is 5.71. The van der Waals surface area contributed by atoms with Crippen molar-refractivity contribution in [3.63, 3.8) is 0 Å². The van der Waals surface area contributed by atoms with Gasteiger partial charge in [0.05, 0.1) is 17.4 Å². The van der Waals surface area contributed by atoms with Crippen molar-refractivity contribution >= 4 is 11.9 Å². The maximum Gasteiger partial charge on any atom is 0.335 e. The molecule has 1 aromatic rings. The Bertz CT molecular complexity index is 463. The number of aliphatic hydroxyl groups excluding tert-OH is 2. The lowest BCUT2D eigenvalue weighted by Gasteiger charge is -2.17. The number of carbonyl (C=O) groups is 2. The first-order valence-electron chi connectivity index (χ1n) is 5.71. The Hall–Kier alpha value is -1.99. The molecular weight excluding hydrogens is 252 g/mol. The number of carbonyl (C=O) groups excluding carboxylic acids is 1. The van der Waals surface area contributed by atoms with E-state index in [0.29, 0.717) is 0 Å². The number of amides is 1. The predicted octanol–water partition coefficient (Wildman–Crippen LogP) is -0.300. The van der Waals surface area contributed by atoms with Crippen LogP contribution in [0.25, 0.3) is 0 Å². The van der Waals surface area contributed by atoms with E-state index in [2.05, 4.69) is 10.3 Å². The molecule has 0 aliphatic carbocycles. The van der Waals surface area contributed by atoms with Crippen LogP contribution >= 0.6 is 0 Å². The number of pyridine rings is 1. The van der Waals surface area contributed by atoms with Gasteiger partial charge in [0.1, 0.15) is 6.10 Å². The van der Waals surface area contributed by atoms with Crippen LogP contribution in [-0.4, -0.2) is 44.8 Å². The van der Waals surface area contributed by atoms with Crippen molar-refractivity contribution in [1.82, 2.24) is 10.3 Å². The fraction of sp³-hybridized carbons (Fsp3) is 0.417. The molecule has 0 aliphatic rings. The largest absolute Gasteiger partial charge is 0.478 e. The Labute approximate surface area is 109 Å². The van der Waals surface area contributed by atoms with Crippen LogP contribution in [0.1, 0.15) is 35.5 Å². The second-order valence-electron chi connectivity index (χ2n) is 4.06. The summed E-state index contributed by atoms with van der Waals surface area (Å²) < 4.78 is 0. The van der Waals surface area contributed by atoms with Crippen LogP contribution in [0.15, 0.2) is 18.3 Å². The molecule has 1 amide bonds. The summed E-state index contributed by atoms with van der Waals surface area (Å²) in [4.78, 5) is 25.3. The third-order valence-electron chi connectivity index (χ3n) is 2.51. The fourth-order valence-corrected chi connectivity index (χ4v) is 1.49. The number of hydrogen-bond donors (Lipinski definition) is 4. The molecule has 0 spiro atoms. The van der Waals surface area contributed by atoms with Crippen molar-refractivity contribution in [3.8, 4) is 0 Å². The van der Waals surface area contributed by atoms with Crippen LogP contribution in [0.2, 0.25) is 0 Å². The van der Waals surface area contributed by atoms with Crippen LogP contribution in [0.3, 0.4) is 0 Å². The molecule has 104 valence electrons. The van der Waals surface area contributed by atoms with Crippen LogP contribution in [0.4, 0.5) is 0 Å². The third-order valence-corrected chi connectivity index (χ3v) is 2.51. The molecule has 0 fully saturated rings. The maximum atomic E-state index is 10.8. The van der Waals surface area contributed by atoms with E-state index in [4.69, 9.17) is 5.11 Å². The molecule has 0 saturated heterocycles. The Morgan fingerprint density at radius 2 is 2.11 bits per heavy atom. The van der Waals surface area contributed by atoms with E-state index in [1.54, 1.807) is 0 Å². The first-order chi connectivity index (χ1) is 8.91. The summed E-state index contributed by atoms with van der Waals surface area (Å²) in [6.07, 6.45) is -1.04. The van der Waals surface area contributed by atoms with Gasteiger partial charge in [-0.3, -0.25) is 9.78 Å². The molecular formula is C12H16N2O5. The van der Waals surface area contributed by atoms with Crippen LogP contribution in [0, 0.1) is 0 Å². The van der Waals surface area contributed by atoms with E-state index in [-0.39, 0.29) is 30.1 Å². The second kappa shape index (κ2) is 6.81. The Morgan fingerprint density at radius 1 is 1.42 bits per heavy atom. The van der Waals surface area contributed by atoms with Gasteiger partial charge in [0.2, 0.25) is 5.91 Å². The molecule has 19 heavy (non-hydrogen) atoms. The molecule has 2 atom stereocenters. The standard InChI is InChI=1S/C12H16N2O5/c1-7(15)13-5-3-10(16)11(17)9-6-8(12(18)19)2-4-14-9/h2,4,6,10-11,16-17H,3,5H2,1H3,(H,13,15)(H,18,19). The highest BCUT2D eigenvalue weighted by atomic mass is 16.4. The highest BCUT2D eigenvalue weighted by Gasteiger charge is 2.20. The van der Waals surface area contributed by atoms with Crippen molar-refractivity contribution in [2.75, 3.05) is 6.54 Å². The average Bonchev–Trinajstić information content (AvgIpc) is 2.37. The molecule has 0 bridgehead atoms. The summed E-state index contributed by atoms with van der Waals surface area (Å²) in [7, 11) is 0. The van der Waals surface area contributed by atoms with Gasteiger partial charge >= 0.3 is 5.97 Å². The minimum Gasteiger partial charge on any atom is -0.478 e. The highest BCUT2D eigenvalue weighted by molar-refractivity contribution is 5.87. The maximum absolute atomic E-state index is 10.8. The Morgan fingerprint density at radius 3 is 2.68 bits per heavy atom. The third kappa shape index (κ3) is 4.65. The summed E-state index contributed by atoms with van der Waals surface area (Å²) in [5.41, 5.74) is 0.0633. The highest BCUT2D eigenvalue weighted by Crippen LogP contribution is 2.17. The Balaban J connectivity index is 2.65. The second-order valence-corrected chi connectivity index (χ2v) is 4.06. The smallest absolute Gasteiger partial charge is 0.335 e. The molecule has 1 rings (SSSR count). The van der Waals surface area contributed by atoms with Gasteiger partial charge in [0, 0.05) is 19.7 Å². The normalized spacial score (nSPS) is 13.6. The molecule has 2 unspecified atom stereocenters. The summed E-state index contributed by atoms with van der Waals surface area (Å²) in [5, 5.41) is 30.9. The van der Waals surface area contributed by atoms with Crippen molar-refractivity contribution in [3.05, 3.63) is 29.6 Å². The zero-order chi connectivity index (χ0) is 14.4. The van der Waals surface area contributed by atoms with Crippen molar-refractivity contribution in [2.45, 2.75) is 25.6 Å². The number of aliphatic hydroxyl groups is 2. The number of aromatic nitrogens is 1. The number of carboxylic acid groups (broad SMARTS) is 1. The van der Waals surface area contributed by atoms with Gasteiger partial charge in [-0.15, -0.1) is 0 Å². The molecule has 0 radical (unpaired) electrons. The number of nitrogens with one attached hydrogen (secondary N) is 1. The van der Waals surface area contributed by atoms with Crippen LogP contribution < -0.4 is 5.32 Å². The minimum atomic E-state index is -1.30. The van der Waals surface area contributed by atoms with E-state index in [0.717, 1.165) is 0 Å². The van der Waals surface area contributed by atoms with E-state index in [9.17, 15) is 19.8 Å². The van der Waals surface area contributed by atoms with Gasteiger partial charge in [0.25, 0.3) is 0 Å². The van der Waals surface area contributed by atoms with Crippen LogP contribution in [-0.2, 0) is 4.79 Å². The molecule has 0 aromatic carbocycles. The average molecular weight is 268 g/mol. The minimum absolute atomic E-state index is 0.0156. The van der Waals surface area contributed by atoms with E-state index in [1.807, 2.05) is 0 Å². The summed E-state index contributed by atoms with van der Waals surface area (Å²) in [6, 6.07) is 2.50. The van der Waals surface area contributed by atoms with E-state index in [1.165, 1.54) is 25.3 Å². The summed E-state index contributed by atoms with van der Waals surface area (Å²) in [6.45, 7) is 1.56. The molecule has 4 N–H and O–H groups in total.